The second kappa shape index (κ2) is 12.7. The maximum atomic E-state index is 15.6. The predicted molar refractivity (Wildman–Crippen MR) is 165 cm³/mol. The molecule has 3 heterocycles. The summed E-state index contributed by atoms with van der Waals surface area (Å²) in [6.45, 7) is 4.16. The zero-order valence-electron chi connectivity index (χ0n) is 25.3. The Kier molecular flexibility index (Phi) is 8.48. The highest BCUT2D eigenvalue weighted by Crippen LogP contribution is 2.29. The van der Waals surface area contributed by atoms with Crippen LogP contribution in [0.5, 0.6) is 5.88 Å². The molecule has 11 heteroatoms. The summed E-state index contributed by atoms with van der Waals surface area (Å²) in [6.07, 6.45) is 1.51. The van der Waals surface area contributed by atoms with Crippen LogP contribution in [0.2, 0.25) is 0 Å². The van der Waals surface area contributed by atoms with E-state index in [2.05, 4.69) is 9.97 Å². The van der Waals surface area contributed by atoms with E-state index in [1.165, 1.54) is 31.2 Å². The number of rotatable bonds is 9. The SMILES string of the molecule is CC(=O)N1CCC[C@@H]1Cn1c(Cc2cc(F)c(-c3cccc(OCc4ccc(C)cc4F)n3)cc2F)nc2ccc(C(=O)O)cc21. The molecule has 0 saturated carbocycles. The monoisotopic (exact) mass is 628 g/mol. The number of amides is 1. The van der Waals surface area contributed by atoms with Gasteiger partial charge in [-0.3, -0.25) is 4.79 Å². The number of carbonyl (C=O) groups is 2. The Bertz CT molecular complexity index is 1980. The highest BCUT2D eigenvalue weighted by atomic mass is 19.1. The van der Waals surface area contributed by atoms with Crippen molar-refractivity contribution in [3.8, 4) is 17.1 Å². The molecule has 236 valence electrons. The van der Waals surface area contributed by atoms with Crippen molar-refractivity contribution in [1.29, 1.82) is 0 Å². The summed E-state index contributed by atoms with van der Waals surface area (Å²) in [4.78, 5) is 34.7. The van der Waals surface area contributed by atoms with Crippen molar-refractivity contribution < 1.29 is 32.6 Å². The molecule has 0 aliphatic carbocycles. The maximum absolute atomic E-state index is 15.6. The van der Waals surface area contributed by atoms with Crippen LogP contribution < -0.4 is 4.74 Å². The number of imidazole rings is 1. The number of aryl methyl sites for hydroxylation is 1. The average Bonchev–Trinajstić information content (AvgIpc) is 3.63. The number of ether oxygens (including phenoxy) is 1. The van der Waals surface area contributed by atoms with Gasteiger partial charge in [0.15, 0.2) is 0 Å². The first-order valence-electron chi connectivity index (χ1n) is 14.9. The molecular weight excluding hydrogens is 597 g/mol. The number of hydrogen-bond donors (Lipinski definition) is 1. The quantitative estimate of drug-likeness (QED) is 0.195. The van der Waals surface area contributed by atoms with Gasteiger partial charge in [0, 0.05) is 49.7 Å². The topological polar surface area (TPSA) is 97.5 Å². The van der Waals surface area contributed by atoms with Gasteiger partial charge >= 0.3 is 5.97 Å². The van der Waals surface area contributed by atoms with Crippen LogP contribution in [-0.2, 0) is 24.4 Å². The first-order chi connectivity index (χ1) is 22.1. The molecule has 0 bridgehead atoms. The van der Waals surface area contributed by atoms with Crippen molar-refractivity contribution in [2.45, 2.75) is 52.3 Å². The second-order valence-corrected chi connectivity index (χ2v) is 11.5. The summed E-state index contributed by atoms with van der Waals surface area (Å²) < 4.78 is 52.9. The van der Waals surface area contributed by atoms with Gasteiger partial charge in [-0.1, -0.05) is 18.2 Å². The molecule has 5 aromatic rings. The minimum absolute atomic E-state index is 0.0494. The Balaban J connectivity index is 1.29. The van der Waals surface area contributed by atoms with Crippen molar-refractivity contribution in [2.24, 2.45) is 0 Å². The summed E-state index contributed by atoms with van der Waals surface area (Å²) in [7, 11) is 0. The second-order valence-electron chi connectivity index (χ2n) is 11.5. The van der Waals surface area contributed by atoms with E-state index in [-0.39, 0.29) is 53.2 Å². The van der Waals surface area contributed by atoms with E-state index in [1.807, 2.05) is 0 Å². The zero-order valence-corrected chi connectivity index (χ0v) is 25.3. The fraction of sp³-hybridized carbons (Fsp3) is 0.257. The smallest absolute Gasteiger partial charge is 0.335 e. The van der Waals surface area contributed by atoms with Gasteiger partial charge in [0.25, 0.3) is 0 Å². The normalized spacial score (nSPS) is 14.6. The lowest BCUT2D eigenvalue weighted by Crippen LogP contribution is -2.36. The number of aromatic nitrogens is 3. The Labute approximate surface area is 263 Å². The van der Waals surface area contributed by atoms with E-state index < -0.39 is 23.4 Å². The van der Waals surface area contributed by atoms with Crippen LogP contribution in [0.1, 0.15) is 52.6 Å². The molecule has 1 amide bonds. The number of hydrogen-bond acceptors (Lipinski definition) is 5. The largest absolute Gasteiger partial charge is 0.478 e. The summed E-state index contributed by atoms with van der Waals surface area (Å²) in [6, 6.07) is 16.0. The molecule has 1 atom stereocenters. The summed E-state index contributed by atoms with van der Waals surface area (Å²) >= 11 is 0. The molecule has 0 unspecified atom stereocenters. The Hall–Kier alpha value is -5.19. The third-order valence-electron chi connectivity index (χ3n) is 8.32. The van der Waals surface area contributed by atoms with E-state index in [9.17, 15) is 19.1 Å². The van der Waals surface area contributed by atoms with E-state index in [0.29, 0.717) is 35.5 Å². The number of nitrogens with zero attached hydrogens (tertiary/aromatic N) is 4. The van der Waals surface area contributed by atoms with Gasteiger partial charge in [0.05, 0.1) is 22.3 Å². The molecule has 0 spiro atoms. The van der Waals surface area contributed by atoms with Crippen LogP contribution in [0.3, 0.4) is 0 Å². The number of likely N-dealkylation sites (tertiary alicyclic amines) is 1. The third kappa shape index (κ3) is 6.30. The van der Waals surface area contributed by atoms with E-state index in [1.54, 1.807) is 46.7 Å². The van der Waals surface area contributed by atoms with Gasteiger partial charge in [-0.25, -0.2) is 27.9 Å². The average molecular weight is 629 g/mol. The zero-order chi connectivity index (χ0) is 32.5. The molecule has 1 fully saturated rings. The molecule has 6 rings (SSSR count). The van der Waals surface area contributed by atoms with Crippen LogP contribution in [0, 0.1) is 24.4 Å². The first-order valence-corrected chi connectivity index (χ1v) is 14.9. The lowest BCUT2D eigenvalue weighted by Gasteiger charge is -2.25. The minimum Gasteiger partial charge on any atom is -0.478 e. The lowest BCUT2D eigenvalue weighted by atomic mass is 10.0. The highest BCUT2D eigenvalue weighted by molar-refractivity contribution is 5.92. The molecule has 1 aliphatic rings. The van der Waals surface area contributed by atoms with Crippen molar-refractivity contribution in [3.63, 3.8) is 0 Å². The summed E-state index contributed by atoms with van der Waals surface area (Å²) in [5.41, 5.74) is 2.35. The Morgan fingerprint density at radius 3 is 2.52 bits per heavy atom. The van der Waals surface area contributed by atoms with E-state index >= 15 is 8.78 Å². The lowest BCUT2D eigenvalue weighted by molar-refractivity contribution is -0.129. The molecular formula is C35H31F3N4O4. The number of benzene rings is 3. The molecule has 3 aromatic carbocycles. The van der Waals surface area contributed by atoms with Gasteiger partial charge in [0.1, 0.15) is 29.9 Å². The van der Waals surface area contributed by atoms with Gasteiger partial charge in [0.2, 0.25) is 11.8 Å². The molecule has 1 N–H and O–H groups in total. The Morgan fingerprint density at radius 1 is 0.957 bits per heavy atom. The van der Waals surface area contributed by atoms with Crippen molar-refractivity contribution in [2.75, 3.05) is 6.54 Å². The van der Waals surface area contributed by atoms with Crippen molar-refractivity contribution in [1.82, 2.24) is 19.4 Å². The van der Waals surface area contributed by atoms with Gasteiger partial charge in [-0.05, 0) is 73.4 Å². The number of aromatic carboxylic acids is 1. The number of fused-ring (bicyclic) bond motifs is 1. The van der Waals surface area contributed by atoms with Crippen LogP contribution in [0.4, 0.5) is 13.2 Å². The summed E-state index contributed by atoms with van der Waals surface area (Å²) in [5.74, 6) is -2.42. The Morgan fingerprint density at radius 2 is 1.76 bits per heavy atom. The number of carboxylic acids is 1. The molecule has 8 nitrogen and oxygen atoms in total. The maximum Gasteiger partial charge on any atom is 0.335 e. The first kappa shape index (κ1) is 30.8. The van der Waals surface area contributed by atoms with Crippen LogP contribution in [-0.4, -0.2) is 49.0 Å². The minimum atomic E-state index is -1.10. The number of halogens is 3. The molecule has 1 saturated heterocycles. The number of carbonyl (C=O) groups excluding carboxylic acids is 1. The third-order valence-corrected chi connectivity index (χ3v) is 8.32. The molecule has 1 aliphatic heterocycles. The molecule has 2 aromatic heterocycles. The number of pyridine rings is 1. The van der Waals surface area contributed by atoms with Crippen molar-refractivity contribution >= 4 is 22.9 Å². The van der Waals surface area contributed by atoms with Gasteiger partial charge in [-0.15, -0.1) is 0 Å². The fourth-order valence-corrected chi connectivity index (χ4v) is 5.95. The molecule has 46 heavy (non-hydrogen) atoms. The number of carboxylic acid groups (broad SMARTS) is 1. The predicted octanol–water partition coefficient (Wildman–Crippen LogP) is 6.70. The van der Waals surface area contributed by atoms with E-state index in [4.69, 9.17) is 4.74 Å². The van der Waals surface area contributed by atoms with Gasteiger partial charge in [-0.2, -0.15) is 0 Å². The van der Waals surface area contributed by atoms with Crippen LogP contribution in [0.25, 0.3) is 22.3 Å². The van der Waals surface area contributed by atoms with Gasteiger partial charge < -0.3 is 19.3 Å². The highest BCUT2D eigenvalue weighted by Gasteiger charge is 2.28. The summed E-state index contributed by atoms with van der Waals surface area (Å²) in [5, 5.41) is 9.58. The van der Waals surface area contributed by atoms with Crippen LogP contribution in [0.15, 0.2) is 66.7 Å². The molecule has 0 radical (unpaired) electrons. The van der Waals surface area contributed by atoms with Crippen LogP contribution >= 0.6 is 0 Å². The van der Waals surface area contributed by atoms with E-state index in [0.717, 1.165) is 30.5 Å². The van der Waals surface area contributed by atoms with Crippen molar-refractivity contribution in [3.05, 3.63) is 112 Å². The standard InChI is InChI=1S/C35H31F3N4O4/c1-20-8-9-23(27(36)13-20)19-46-34-7-3-6-30(40-34)26-17-28(37)24(14-29(26)38)16-33-39-31-11-10-22(35(44)45)15-32(31)42(33)18-25-5-4-12-41(25)21(2)43/h3,6-11,13-15,17,25H,4-5,12,16,18-19H2,1-2H3,(H,44,45)/t25-/m1/s1. The fourth-order valence-electron chi connectivity index (χ4n) is 5.95.